The molecule has 3 amide bonds. The Morgan fingerprint density at radius 1 is 1.00 bits per heavy atom. The summed E-state index contributed by atoms with van der Waals surface area (Å²) in [5, 5.41) is 19.9. The number of aliphatic hydroxyl groups excluding tert-OH is 1. The first kappa shape index (κ1) is 30.0. The minimum absolute atomic E-state index is 0.129. The minimum Gasteiger partial charge on any atom is -0.461 e. The Kier molecular flexibility index (Phi) is 12.9. The van der Waals surface area contributed by atoms with Gasteiger partial charge in [0.25, 0.3) is 0 Å². The van der Waals surface area contributed by atoms with Gasteiger partial charge in [-0.25, -0.2) is 0 Å². The van der Waals surface area contributed by atoms with Gasteiger partial charge in [0, 0.05) is 12.6 Å². The van der Waals surface area contributed by atoms with Crippen LogP contribution >= 0.6 is 0 Å². The molecule has 196 valence electrons. The summed E-state index contributed by atoms with van der Waals surface area (Å²) in [5.74, 6) is -1.95. The van der Waals surface area contributed by atoms with Crippen molar-refractivity contribution in [2.45, 2.75) is 72.5 Å². The van der Waals surface area contributed by atoms with Gasteiger partial charge in [-0.1, -0.05) is 39.8 Å². The van der Waals surface area contributed by atoms with E-state index in [1.165, 1.54) is 6.92 Å². The predicted molar refractivity (Wildman–Crippen MR) is 132 cm³/mol. The number of carbonyl (C=O) groups is 4. The van der Waals surface area contributed by atoms with Gasteiger partial charge in [0.05, 0.1) is 5.92 Å². The van der Waals surface area contributed by atoms with E-state index in [4.69, 9.17) is 15.6 Å². The highest BCUT2D eigenvalue weighted by atomic mass is 16.5. The molecule has 0 aliphatic rings. The number of anilines is 1. The number of rotatable bonds is 14. The zero-order valence-corrected chi connectivity index (χ0v) is 21.1. The van der Waals surface area contributed by atoms with Crippen LogP contribution in [0.1, 0.15) is 53.0 Å². The third-order valence-corrected chi connectivity index (χ3v) is 5.04. The summed E-state index contributed by atoms with van der Waals surface area (Å²) in [6, 6.07) is 5.14. The van der Waals surface area contributed by atoms with Gasteiger partial charge in [-0.05, 0) is 43.0 Å². The van der Waals surface area contributed by atoms with Gasteiger partial charge >= 0.3 is 5.97 Å². The molecule has 11 nitrogen and oxygen atoms in total. The third kappa shape index (κ3) is 11.8. The monoisotopic (exact) mass is 493 g/mol. The first-order valence-corrected chi connectivity index (χ1v) is 11.7. The number of nitrogens with two attached hydrogens (primary N) is 1. The van der Waals surface area contributed by atoms with E-state index >= 15 is 0 Å². The molecule has 1 rings (SSSR count). The van der Waals surface area contributed by atoms with Crippen LogP contribution < -0.4 is 27.0 Å². The maximum atomic E-state index is 13.0. The molecule has 0 saturated heterocycles. The highest BCUT2D eigenvalue weighted by molar-refractivity contribution is 5.98. The standard InChI is InChI=1S/C24H39N5O6/c1-14(2)20(27-16(5)30)22(32)29-19(7-6-12-26-24(25)34)21(31)28-18-10-8-17(9-11-18)13-35-23(33)15(3)4/h8-11,14-15,19-20,24,26,34H,6-7,12-13,25H2,1-5H3,(H,27,30)(H,28,31)(H,29,32)/t19-,20-,24?/m0/s1. The number of nitrogens with one attached hydrogen (secondary N) is 4. The van der Waals surface area contributed by atoms with E-state index in [0.29, 0.717) is 18.7 Å². The predicted octanol–water partition coefficient (Wildman–Crippen LogP) is 0.574. The zero-order chi connectivity index (χ0) is 26.5. The summed E-state index contributed by atoms with van der Waals surface area (Å²) in [5.41, 5.74) is 6.54. The molecular formula is C24H39N5O6. The Hall–Kier alpha value is -3.02. The van der Waals surface area contributed by atoms with Crippen LogP contribution in [0.4, 0.5) is 5.69 Å². The Balaban J connectivity index is 2.85. The second-order valence-corrected chi connectivity index (χ2v) is 8.97. The van der Waals surface area contributed by atoms with Crippen LogP contribution in [0.3, 0.4) is 0 Å². The van der Waals surface area contributed by atoms with Crippen LogP contribution in [0, 0.1) is 11.8 Å². The Morgan fingerprint density at radius 3 is 2.14 bits per heavy atom. The van der Waals surface area contributed by atoms with Gasteiger partial charge in [-0.15, -0.1) is 0 Å². The van der Waals surface area contributed by atoms with Gasteiger partial charge in [-0.3, -0.25) is 30.2 Å². The first-order chi connectivity index (χ1) is 16.4. The summed E-state index contributed by atoms with van der Waals surface area (Å²) < 4.78 is 5.20. The Labute approximate surface area is 206 Å². The molecule has 11 heteroatoms. The number of amides is 3. The lowest BCUT2D eigenvalue weighted by Gasteiger charge is -2.25. The summed E-state index contributed by atoms with van der Waals surface area (Å²) in [4.78, 5) is 48.9. The average Bonchev–Trinajstić information content (AvgIpc) is 2.77. The first-order valence-electron chi connectivity index (χ1n) is 11.7. The molecule has 0 aromatic heterocycles. The number of hydrogen-bond donors (Lipinski definition) is 6. The Morgan fingerprint density at radius 2 is 1.63 bits per heavy atom. The van der Waals surface area contributed by atoms with Gasteiger partial charge in [0.2, 0.25) is 17.7 Å². The van der Waals surface area contributed by atoms with E-state index in [1.807, 2.05) is 0 Å². The molecule has 7 N–H and O–H groups in total. The molecule has 0 saturated carbocycles. The van der Waals surface area contributed by atoms with Crippen molar-refractivity contribution in [3.63, 3.8) is 0 Å². The molecular weight excluding hydrogens is 454 g/mol. The number of esters is 1. The number of carbonyl (C=O) groups excluding carboxylic acids is 4. The van der Waals surface area contributed by atoms with Crippen molar-refractivity contribution in [1.29, 1.82) is 0 Å². The van der Waals surface area contributed by atoms with Crippen LogP contribution in [0.2, 0.25) is 0 Å². The van der Waals surface area contributed by atoms with Gasteiger partial charge in [-0.2, -0.15) is 0 Å². The molecule has 1 unspecified atom stereocenters. The number of benzene rings is 1. The van der Waals surface area contributed by atoms with Crippen LogP contribution in [-0.4, -0.2) is 53.8 Å². The SMILES string of the molecule is CC(=O)N[C@H](C(=O)N[C@@H](CCCNC(N)O)C(=O)Nc1ccc(COC(=O)C(C)C)cc1)C(C)C. The third-order valence-electron chi connectivity index (χ3n) is 5.04. The maximum absolute atomic E-state index is 13.0. The van der Waals surface area contributed by atoms with Crippen LogP contribution in [0.15, 0.2) is 24.3 Å². The van der Waals surface area contributed by atoms with Crippen LogP contribution in [-0.2, 0) is 30.5 Å². The number of aliphatic hydroxyl groups is 1. The van der Waals surface area contributed by atoms with E-state index in [9.17, 15) is 19.2 Å². The molecule has 35 heavy (non-hydrogen) atoms. The fraction of sp³-hybridized carbons (Fsp3) is 0.583. The second kappa shape index (κ2) is 15.1. The molecule has 0 fully saturated rings. The van der Waals surface area contributed by atoms with Gasteiger partial charge in [0.1, 0.15) is 18.7 Å². The molecule has 0 aliphatic carbocycles. The molecule has 3 atom stereocenters. The summed E-state index contributed by atoms with van der Waals surface area (Å²) in [6.45, 7) is 8.88. The number of ether oxygens (including phenoxy) is 1. The highest BCUT2D eigenvalue weighted by Gasteiger charge is 2.28. The van der Waals surface area contributed by atoms with Gasteiger partial charge < -0.3 is 25.8 Å². The smallest absolute Gasteiger partial charge is 0.308 e. The number of hydrogen-bond acceptors (Lipinski definition) is 8. The second-order valence-electron chi connectivity index (χ2n) is 8.97. The van der Waals surface area contributed by atoms with Crippen molar-refractivity contribution >= 4 is 29.4 Å². The molecule has 0 heterocycles. The molecule has 1 aromatic carbocycles. The van der Waals surface area contributed by atoms with Crippen molar-refractivity contribution in [3.8, 4) is 0 Å². The lowest BCUT2D eigenvalue weighted by atomic mass is 10.0. The van der Waals surface area contributed by atoms with Crippen molar-refractivity contribution in [1.82, 2.24) is 16.0 Å². The Bertz CT molecular complexity index is 841. The molecule has 0 radical (unpaired) electrons. The summed E-state index contributed by atoms with van der Waals surface area (Å²) in [7, 11) is 0. The van der Waals surface area contributed by atoms with Crippen molar-refractivity contribution in [2.24, 2.45) is 17.6 Å². The fourth-order valence-corrected chi connectivity index (χ4v) is 3.08. The van der Waals surface area contributed by atoms with Gasteiger partial charge in [0.15, 0.2) is 6.35 Å². The lowest BCUT2D eigenvalue weighted by Crippen LogP contribution is -2.54. The minimum atomic E-state index is -1.18. The van der Waals surface area contributed by atoms with E-state index in [1.54, 1.807) is 52.0 Å². The topological polar surface area (TPSA) is 172 Å². The average molecular weight is 494 g/mol. The van der Waals surface area contributed by atoms with E-state index in [-0.39, 0.29) is 36.7 Å². The van der Waals surface area contributed by atoms with E-state index in [0.717, 1.165) is 5.56 Å². The quantitative estimate of drug-likeness (QED) is 0.124. The van der Waals surface area contributed by atoms with Crippen molar-refractivity contribution < 1.29 is 29.0 Å². The molecule has 0 aliphatic heterocycles. The lowest BCUT2D eigenvalue weighted by molar-refractivity contribution is -0.148. The van der Waals surface area contributed by atoms with Crippen LogP contribution in [0.5, 0.6) is 0 Å². The molecule has 0 bridgehead atoms. The van der Waals surface area contributed by atoms with E-state index in [2.05, 4.69) is 21.3 Å². The normalized spacial score (nSPS) is 13.6. The summed E-state index contributed by atoms with van der Waals surface area (Å²) in [6.07, 6.45) is -0.467. The van der Waals surface area contributed by atoms with Crippen LogP contribution in [0.25, 0.3) is 0 Å². The van der Waals surface area contributed by atoms with Crippen molar-refractivity contribution in [2.75, 3.05) is 11.9 Å². The summed E-state index contributed by atoms with van der Waals surface area (Å²) >= 11 is 0. The van der Waals surface area contributed by atoms with Crippen molar-refractivity contribution in [3.05, 3.63) is 29.8 Å². The fourth-order valence-electron chi connectivity index (χ4n) is 3.08. The van der Waals surface area contributed by atoms with E-state index < -0.39 is 30.2 Å². The molecule has 1 aromatic rings. The zero-order valence-electron chi connectivity index (χ0n) is 21.1. The highest BCUT2D eigenvalue weighted by Crippen LogP contribution is 2.13. The largest absolute Gasteiger partial charge is 0.461 e. The maximum Gasteiger partial charge on any atom is 0.308 e. The molecule has 0 spiro atoms.